The van der Waals surface area contributed by atoms with Gasteiger partial charge in [0.2, 0.25) is 0 Å². The predicted octanol–water partition coefficient (Wildman–Crippen LogP) is 5.48. The first kappa shape index (κ1) is 18.8. The summed E-state index contributed by atoms with van der Waals surface area (Å²) in [6, 6.07) is 12.4. The molecular weight excluding hydrogens is 403 g/mol. The van der Waals surface area contributed by atoms with E-state index in [-0.39, 0.29) is 5.75 Å². The molecule has 0 saturated carbocycles. The first-order valence-electron chi connectivity index (χ1n) is 9.64. The van der Waals surface area contributed by atoms with Crippen LogP contribution in [0.3, 0.4) is 0 Å². The molecule has 7 heteroatoms. The molecule has 5 rings (SSSR count). The van der Waals surface area contributed by atoms with E-state index in [1.165, 1.54) is 6.07 Å². The second-order valence-corrected chi connectivity index (χ2v) is 7.78. The summed E-state index contributed by atoms with van der Waals surface area (Å²) in [6.45, 7) is 3.24. The van der Waals surface area contributed by atoms with Crippen LogP contribution in [0.1, 0.15) is 16.8 Å². The van der Waals surface area contributed by atoms with Gasteiger partial charge in [0.15, 0.2) is 11.6 Å². The summed E-state index contributed by atoms with van der Waals surface area (Å²) in [5.41, 5.74) is 3.73. The number of hydrogen-bond donors (Lipinski definition) is 0. The average molecular weight is 421 g/mol. The number of aromatic nitrogens is 3. The van der Waals surface area contributed by atoms with E-state index in [9.17, 15) is 4.39 Å². The normalized spacial score (nSPS) is 13.4. The van der Waals surface area contributed by atoms with Crippen LogP contribution in [0.15, 0.2) is 55.0 Å². The Balaban J connectivity index is 1.45. The van der Waals surface area contributed by atoms with E-state index in [1.807, 2.05) is 37.3 Å². The largest absolute Gasteiger partial charge is 0.453 e. The maximum Gasteiger partial charge on any atom is 0.165 e. The fraction of sp³-hybridized carbons (Fsp3) is 0.174. The summed E-state index contributed by atoms with van der Waals surface area (Å²) < 4.78 is 19.9. The predicted molar refractivity (Wildman–Crippen MR) is 115 cm³/mol. The summed E-state index contributed by atoms with van der Waals surface area (Å²) in [5.74, 6) is 1.14. The van der Waals surface area contributed by atoms with Crippen molar-refractivity contribution in [2.75, 3.05) is 11.4 Å². The van der Waals surface area contributed by atoms with Crippen LogP contribution in [0.25, 0.3) is 10.9 Å². The molecule has 3 heterocycles. The Hall–Kier alpha value is -3.25. The smallest absolute Gasteiger partial charge is 0.165 e. The molecule has 0 N–H and O–H groups in total. The highest BCUT2D eigenvalue weighted by atomic mass is 35.5. The zero-order valence-corrected chi connectivity index (χ0v) is 17.0. The lowest BCUT2D eigenvalue weighted by molar-refractivity contribution is 0.438. The van der Waals surface area contributed by atoms with Crippen LogP contribution in [0.4, 0.5) is 10.2 Å². The second kappa shape index (κ2) is 7.54. The van der Waals surface area contributed by atoms with Gasteiger partial charge in [-0.05, 0) is 54.4 Å². The van der Waals surface area contributed by atoms with Crippen LogP contribution in [0, 0.1) is 12.7 Å². The number of pyridine rings is 1. The number of hydrogen-bond acceptors (Lipinski definition) is 5. The van der Waals surface area contributed by atoms with E-state index in [0.29, 0.717) is 17.3 Å². The van der Waals surface area contributed by atoms with Crippen molar-refractivity contribution in [1.82, 2.24) is 15.0 Å². The van der Waals surface area contributed by atoms with Gasteiger partial charge in [-0.1, -0.05) is 17.7 Å². The number of ether oxygens (including phenoxy) is 1. The van der Waals surface area contributed by atoms with Crippen molar-refractivity contribution in [3.8, 4) is 11.5 Å². The third kappa shape index (κ3) is 3.55. The topological polar surface area (TPSA) is 51.1 Å². The zero-order valence-electron chi connectivity index (χ0n) is 16.3. The fourth-order valence-corrected chi connectivity index (χ4v) is 3.90. The van der Waals surface area contributed by atoms with Crippen molar-refractivity contribution in [3.63, 3.8) is 0 Å². The van der Waals surface area contributed by atoms with Crippen molar-refractivity contribution in [2.24, 2.45) is 0 Å². The third-order valence-electron chi connectivity index (χ3n) is 5.21. The minimum atomic E-state index is -0.390. The molecule has 30 heavy (non-hydrogen) atoms. The Bertz CT molecular complexity index is 1260. The standard InChI is InChI=1S/C23H18ClFN4O/c1-14-2-5-22(19(25)8-14)30-17-9-15-12-29(7-6-20(15)26-11-17)23-18-10-16(24)3-4-21(18)27-13-28-23/h2-5,8-11,13H,6-7,12H2,1H3. The zero-order chi connectivity index (χ0) is 20.7. The van der Waals surface area contributed by atoms with Gasteiger partial charge in [-0.15, -0.1) is 0 Å². The molecule has 0 amide bonds. The number of benzene rings is 2. The van der Waals surface area contributed by atoms with E-state index in [0.717, 1.165) is 46.5 Å². The lowest BCUT2D eigenvalue weighted by Gasteiger charge is -2.30. The van der Waals surface area contributed by atoms with Gasteiger partial charge in [-0.2, -0.15) is 0 Å². The Morgan fingerprint density at radius 2 is 1.97 bits per heavy atom. The maximum atomic E-state index is 14.2. The monoisotopic (exact) mass is 420 g/mol. The molecule has 0 saturated heterocycles. The van der Waals surface area contributed by atoms with Gasteiger partial charge in [0, 0.05) is 35.6 Å². The van der Waals surface area contributed by atoms with Gasteiger partial charge in [0.25, 0.3) is 0 Å². The molecular formula is C23H18ClFN4O. The molecule has 0 radical (unpaired) electrons. The van der Waals surface area contributed by atoms with E-state index >= 15 is 0 Å². The van der Waals surface area contributed by atoms with Gasteiger partial charge in [-0.25, -0.2) is 14.4 Å². The molecule has 2 aromatic heterocycles. The minimum absolute atomic E-state index is 0.187. The van der Waals surface area contributed by atoms with Crippen LogP contribution in [-0.2, 0) is 13.0 Å². The number of aryl methyl sites for hydroxylation is 1. The third-order valence-corrected chi connectivity index (χ3v) is 5.44. The Labute approximate surface area is 178 Å². The van der Waals surface area contributed by atoms with Gasteiger partial charge < -0.3 is 9.64 Å². The number of halogens is 2. The average Bonchev–Trinajstić information content (AvgIpc) is 2.75. The molecule has 2 aromatic carbocycles. The van der Waals surface area contributed by atoms with Crippen LogP contribution in [0.5, 0.6) is 11.5 Å². The molecule has 0 aliphatic carbocycles. The highest BCUT2D eigenvalue weighted by Gasteiger charge is 2.21. The van der Waals surface area contributed by atoms with Gasteiger partial charge in [0.05, 0.1) is 11.7 Å². The molecule has 0 spiro atoms. The SMILES string of the molecule is Cc1ccc(Oc2cnc3c(c2)CN(c2ncnc4ccc(Cl)cc24)CC3)c(F)c1. The van der Waals surface area contributed by atoms with Crippen molar-refractivity contribution < 1.29 is 9.13 Å². The van der Waals surface area contributed by atoms with E-state index < -0.39 is 5.82 Å². The van der Waals surface area contributed by atoms with Crippen LogP contribution in [-0.4, -0.2) is 21.5 Å². The fourth-order valence-electron chi connectivity index (χ4n) is 3.72. The number of anilines is 1. The van der Waals surface area contributed by atoms with Crippen molar-refractivity contribution in [1.29, 1.82) is 0 Å². The minimum Gasteiger partial charge on any atom is -0.453 e. The van der Waals surface area contributed by atoms with E-state index in [2.05, 4.69) is 19.9 Å². The second-order valence-electron chi connectivity index (χ2n) is 7.34. The maximum absolute atomic E-state index is 14.2. The molecule has 0 unspecified atom stereocenters. The molecule has 1 aliphatic rings. The lowest BCUT2D eigenvalue weighted by Crippen LogP contribution is -2.31. The Kier molecular flexibility index (Phi) is 4.71. The van der Waals surface area contributed by atoms with Crippen LogP contribution in [0.2, 0.25) is 5.02 Å². The Morgan fingerprint density at radius 3 is 2.83 bits per heavy atom. The summed E-state index contributed by atoms with van der Waals surface area (Å²) in [6.07, 6.45) is 3.99. The highest BCUT2D eigenvalue weighted by molar-refractivity contribution is 6.31. The molecule has 1 aliphatic heterocycles. The van der Waals surface area contributed by atoms with Gasteiger partial charge in [0.1, 0.15) is 17.9 Å². The first-order chi connectivity index (χ1) is 14.6. The van der Waals surface area contributed by atoms with Crippen molar-refractivity contribution >= 4 is 28.3 Å². The van der Waals surface area contributed by atoms with Crippen LogP contribution >= 0.6 is 11.6 Å². The summed E-state index contributed by atoms with van der Waals surface area (Å²) in [5, 5.41) is 1.56. The van der Waals surface area contributed by atoms with E-state index in [1.54, 1.807) is 18.6 Å². The Morgan fingerprint density at radius 1 is 1.07 bits per heavy atom. The summed E-state index contributed by atoms with van der Waals surface area (Å²) >= 11 is 6.20. The highest BCUT2D eigenvalue weighted by Crippen LogP contribution is 2.32. The van der Waals surface area contributed by atoms with Crippen LogP contribution < -0.4 is 9.64 Å². The molecule has 0 atom stereocenters. The number of rotatable bonds is 3. The number of nitrogens with zero attached hydrogens (tertiary/aromatic N) is 4. The van der Waals surface area contributed by atoms with Gasteiger partial charge >= 0.3 is 0 Å². The van der Waals surface area contributed by atoms with Gasteiger partial charge in [-0.3, -0.25) is 4.98 Å². The molecule has 0 fully saturated rings. The first-order valence-corrected chi connectivity index (χ1v) is 10.0. The molecule has 4 aromatic rings. The quantitative estimate of drug-likeness (QED) is 0.439. The molecule has 5 nitrogen and oxygen atoms in total. The lowest BCUT2D eigenvalue weighted by atomic mass is 10.0. The summed E-state index contributed by atoms with van der Waals surface area (Å²) in [4.78, 5) is 15.6. The molecule has 150 valence electrons. The summed E-state index contributed by atoms with van der Waals surface area (Å²) in [7, 11) is 0. The molecule has 0 bridgehead atoms. The number of fused-ring (bicyclic) bond motifs is 2. The van der Waals surface area contributed by atoms with Crippen molar-refractivity contribution in [3.05, 3.63) is 82.6 Å². The van der Waals surface area contributed by atoms with E-state index in [4.69, 9.17) is 16.3 Å². The van der Waals surface area contributed by atoms with Crippen molar-refractivity contribution in [2.45, 2.75) is 19.9 Å².